The van der Waals surface area contributed by atoms with Gasteiger partial charge in [-0.15, -0.1) is 0 Å². The van der Waals surface area contributed by atoms with E-state index in [1.54, 1.807) is 13.0 Å². The fraction of sp³-hybridized carbons (Fsp3) is 0.533. The Morgan fingerprint density at radius 3 is 2.43 bits per heavy atom. The number of hydrogen-bond donors (Lipinski definition) is 1. The molecule has 0 spiro atoms. The van der Waals surface area contributed by atoms with Gasteiger partial charge in [0.15, 0.2) is 0 Å². The number of hydrogen-bond acceptors (Lipinski definition) is 3. The molecular formula is C15H20ClNO3S. The lowest BCUT2D eigenvalue weighted by Gasteiger charge is -2.34. The van der Waals surface area contributed by atoms with Gasteiger partial charge >= 0.3 is 0 Å². The van der Waals surface area contributed by atoms with Gasteiger partial charge in [0.1, 0.15) is 0 Å². The fourth-order valence-corrected chi connectivity index (χ4v) is 3.57. The number of aryl methyl sites for hydroxylation is 1. The third-order valence-corrected chi connectivity index (χ3v) is 5.46. The van der Waals surface area contributed by atoms with E-state index in [0.29, 0.717) is 5.56 Å². The van der Waals surface area contributed by atoms with E-state index >= 15 is 0 Å². The highest BCUT2D eigenvalue weighted by Crippen LogP contribution is 2.28. The van der Waals surface area contributed by atoms with Crippen molar-refractivity contribution in [2.45, 2.75) is 56.4 Å². The first kappa shape index (κ1) is 16.3. The second-order valence-electron chi connectivity index (χ2n) is 5.99. The first-order valence-electron chi connectivity index (χ1n) is 7.09. The summed E-state index contributed by atoms with van der Waals surface area (Å²) in [4.78, 5) is 12.4. The van der Waals surface area contributed by atoms with Crippen LogP contribution in [0.4, 0.5) is 0 Å². The quantitative estimate of drug-likeness (QED) is 0.865. The van der Waals surface area contributed by atoms with Crippen molar-refractivity contribution in [1.82, 2.24) is 5.32 Å². The molecule has 0 radical (unpaired) electrons. The van der Waals surface area contributed by atoms with Crippen LogP contribution < -0.4 is 5.32 Å². The lowest BCUT2D eigenvalue weighted by Crippen LogP contribution is -2.47. The minimum atomic E-state index is -3.83. The molecule has 0 bridgehead atoms. The van der Waals surface area contributed by atoms with Gasteiger partial charge < -0.3 is 5.32 Å². The molecule has 1 saturated carbocycles. The highest BCUT2D eigenvalue weighted by atomic mass is 35.7. The third-order valence-electron chi connectivity index (χ3n) is 4.11. The Kier molecular flexibility index (Phi) is 4.63. The standard InChI is InChI=1S/C15H20ClNO3S/c1-11-6-7-12(21(16,19)20)10-13(11)14(18)17-15(2)8-4-3-5-9-15/h6-7,10H,3-5,8-9H2,1-2H3,(H,17,18). The van der Waals surface area contributed by atoms with Crippen molar-refractivity contribution < 1.29 is 13.2 Å². The molecule has 0 aliphatic heterocycles. The SMILES string of the molecule is Cc1ccc(S(=O)(=O)Cl)cc1C(=O)NC1(C)CCCCC1. The van der Waals surface area contributed by atoms with Crippen LogP contribution in [0.25, 0.3) is 0 Å². The fourth-order valence-electron chi connectivity index (χ4n) is 2.80. The number of rotatable bonds is 3. The molecule has 1 aliphatic carbocycles. The molecule has 0 aromatic heterocycles. The van der Waals surface area contributed by atoms with Crippen LogP contribution in [0.15, 0.2) is 23.1 Å². The van der Waals surface area contributed by atoms with Gasteiger partial charge in [-0.3, -0.25) is 4.79 Å². The van der Waals surface area contributed by atoms with Crippen molar-refractivity contribution in [3.63, 3.8) is 0 Å². The minimum absolute atomic E-state index is 0.0475. The predicted molar refractivity (Wildman–Crippen MR) is 83.2 cm³/mol. The molecule has 4 nitrogen and oxygen atoms in total. The highest BCUT2D eigenvalue weighted by Gasteiger charge is 2.29. The molecule has 0 atom stereocenters. The summed E-state index contributed by atoms with van der Waals surface area (Å²) in [6, 6.07) is 4.36. The maximum atomic E-state index is 12.5. The first-order chi connectivity index (χ1) is 9.71. The van der Waals surface area contributed by atoms with Crippen molar-refractivity contribution in [1.29, 1.82) is 0 Å². The molecule has 1 aromatic carbocycles. The Morgan fingerprint density at radius 2 is 1.86 bits per heavy atom. The Labute approximate surface area is 130 Å². The van der Waals surface area contributed by atoms with Crippen LogP contribution in [0, 0.1) is 6.92 Å². The largest absolute Gasteiger partial charge is 0.347 e. The van der Waals surface area contributed by atoms with E-state index < -0.39 is 9.05 Å². The number of nitrogens with one attached hydrogen (secondary N) is 1. The summed E-state index contributed by atoms with van der Waals surface area (Å²) in [5.41, 5.74) is 0.886. The van der Waals surface area contributed by atoms with E-state index in [1.807, 2.05) is 6.92 Å². The van der Waals surface area contributed by atoms with E-state index in [2.05, 4.69) is 5.32 Å². The summed E-state index contributed by atoms with van der Waals surface area (Å²) in [5.74, 6) is -0.237. The maximum Gasteiger partial charge on any atom is 0.261 e. The van der Waals surface area contributed by atoms with E-state index in [4.69, 9.17) is 10.7 Å². The second kappa shape index (κ2) is 5.97. The Bertz CT molecular complexity index is 649. The van der Waals surface area contributed by atoms with Gasteiger partial charge in [0.2, 0.25) is 0 Å². The van der Waals surface area contributed by atoms with Crippen LogP contribution in [0.1, 0.15) is 54.9 Å². The lowest BCUT2D eigenvalue weighted by atomic mass is 9.83. The summed E-state index contributed by atoms with van der Waals surface area (Å²) in [7, 11) is 1.52. The molecule has 6 heteroatoms. The average Bonchev–Trinajstić information content (AvgIpc) is 2.38. The predicted octanol–water partition coefficient (Wildman–Crippen LogP) is 3.38. The minimum Gasteiger partial charge on any atom is -0.347 e. The molecule has 0 saturated heterocycles. The summed E-state index contributed by atoms with van der Waals surface area (Å²) in [5, 5.41) is 3.05. The zero-order chi connectivity index (χ0) is 15.7. The number of halogens is 1. The summed E-state index contributed by atoms with van der Waals surface area (Å²) in [6.07, 6.45) is 5.30. The number of carbonyl (C=O) groups excluding carboxylic acids is 1. The molecular weight excluding hydrogens is 310 g/mol. The molecule has 1 fully saturated rings. The first-order valence-corrected chi connectivity index (χ1v) is 9.40. The van der Waals surface area contributed by atoms with Crippen molar-refractivity contribution in [2.75, 3.05) is 0 Å². The molecule has 21 heavy (non-hydrogen) atoms. The van der Waals surface area contributed by atoms with Gasteiger partial charge in [0, 0.05) is 21.8 Å². The normalized spacial score (nSPS) is 18.2. The Morgan fingerprint density at radius 1 is 1.24 bits per heavy atom. The molecule has 1 aromatic rings. The molecule has 1 amide bonds. The summed E-state index contributed by atoms with van der Waals surface area (Å²) >= 11 is 0. The van der Waals surface area contributed by atoms with Gasteiger partial charge in [0.05, 0.1) is 4.90 Å². The topological polar surface area (TPSA) is 63.2 Å². The molecule has 0 unspecified atom stereocenters. The summed E-state index contributed by atoms with van der Waals surface area (Å²) in [6.45, 7) is 3.82. The maximum absolute atomic E-state index is 12.5. The van der Waals surface area contributed by atoms with Crippen LogP contribution in [-0.4, -0.2) is 19.9 Å². The van der Waals surface area contributed by atoms with Crippen LogP contribution in [0.2, 0.25) is 0 Å². The van der Waals surface area contributed by atoms with E-state index in [1.165, 1.54) is 18.6 Å². The number of amides is 1. The lowest BCUT2D eigenvalue weighted by molar-refractivity contribution is 0.0882. The van der Waals surface area contributed by atoms with E-state index in [9.17, 15) is 13.2 Å². The number of benzene rings is 1. The van der Waals surface area contributed by atoms with Crippen LogP contribution in [0.3, 0.4) is 0 Å². The van der Waals surface area contributed by atoms with E-state index in [0.717, 1.165) is 31.2 Å². The molecule has 1 N–H and O–H groups in total. The van der Waals surface area contributed by atoms with E-state index in [-0.39, 0.29) is 16.3 Å². The third kappa shape index (κ3) is 3.98. The average molecular weight is 330 g/mol. The molecule has 116 valence electrons. The van der Waals surface area contributed by atoms with Crippen LogP contribution in [-0.2, 0) is 9.05 Å². The smallest absolute Gasteiger partial charge is 0.261 e. The van der Waals surface area contributed by atoms with Crippen molar-refractivity contribution in [3.8, 4) is 0 Å². The van der Waals surface area contributed by atoms with Gasteiger partial charge in [-0.05, 0) is 44.4 Å². The molecule has 2 rings (SSSR count). The van der Waals surface area contributed by atoms with Gasteiger partial charge in [0.25, 0.3) is 15.0 Å². The second-order valence-corrected chi connectivity index (χ2v) is 8.56. The monoisotopic (exact) mass is 329 g/mol. The zero-order valence-electron chi connectivity index (χ0n) is 12.3. The molecule has 0 heterocycles. The summed E-state index contributed by atoms with van der Waals surface area (Å²) < 4.78 is 22.8. The van der Waals surface area contributed by atoms with Crippen molar-refractivity contribution in [3.05, 3.63) is 29.3 Å². The molecule has 1 aliphatic rings. The zero-order valence-corrected chi connectivity index (χ0v) is 13.9. The number of carbonyl (C=O) groups is 1. The van der Waals surface area contributed by atoms with Crippen LogP contribution in [0.5, 0.6) is 0 Å². The van der Waals surface area contributed by atoms with Crippen molar-refractivity contribution in [2.24, 2.45) is 0 Å². The Hall–Kier alpha value is -1.07. The van der Waals surface area contributed by atoms with Crippen LogP contribution >= 0.6 is 10.7 Å². The van der Waals surface area contributed by atoms with Gasteiger partial charge in [-0.1, -0.05) is 25.3 Å². The Balaban J connectivity index is 2.26. The van der Waals surface area contributed by atoms with Gasteiger partial charge in [-0.2, -0.15) is 0 Å². The highest BCUT2D eigenvalue weighted by molar-refractivity contribution is 8.13. The van der Waals surface area contributed by atoms with Gasteiger partial charge in [-0.25, -0.2) is 8.42 Å². The van der Waals surface area contributed by atoms with Crippen molar-refractivity contribution >= 4 is 25.6 Å².